The minimum absolute atomic E-state index is 0.0515. The zero-order valence-electron chi connectivity index (χ0n) is 14.9. The first kappa shape index (κ1) is 19.4. The molecule has 0 unspecified atom stereocenters. The van der Waals surface area contributed by atoms with Crippen LogP contribution in [-0.4, -0.2) is 29.5 Å². The molecule has 3 N–H and O–H groups in total. The number of benzene rings is 1. The van der Waals surface area contributed by atoms with Crippen LogP contribution in [0.1, 0.15) is 69.5 Å². The van der Waals surface area contributed by atoms with Crippen molar-refractivity contribution in [3.63, 3.8) is 0 Å². The van der Waals surface area contributed by atoms with Crippen LogP contribution < -0.4 is 10.6 Å². The summed E-state index contributed by atoms with van der Waals surface area (Å²) in [6.45, 7) is 0.160. The van der Waals surface area contributed by atoms with E-state index in [1.54, 1.807) is 0 Å². The standard InChI is InChI=1S/C20H30N2O3/c23-18(16-9-5-4-6-10-16)15-21-19(24)13-14-20(25)22-17-11-7-2-1-3-8-12-17/h4-6,9-10,17-18,23H,1-3,7-8,11-15H2,(H,21,24)(H,22,25)/t18-/m0/s1. The third-order valence-corrected chi connectivity index (χ3v) is 4.73. The van der Waals surface area contributed by atoms with Crippen LogP contribution in [0.25, 0.3) is 0 Å². The Morgan fingerprint density at radius 3 is 2.24 bits per heavy atom. The summed E-state index contributed by atoms with van der Waals surface area (Å²) < 4.78 is 0. The Labute approximate surface area is 150 Å². The maximum absolute atomic E-state index is 12.0. The van der Waals surface area contributed by atoms with Crippen LogP contribution in [0.4, 0.5) is 0 Å². The van der Waals surface area contributed by atoms with Gasteiger partial charge in [-0.05, 0) is 18.4 Å². The van der Waals surface area contributed by atoms with Crippen LogP contribution in [-0.2, 0) is 9.59 Å². The lowest BCUT2D eigenvalue weighted by atomic mass is 9.96. The van der Waals surface area contributed by atoms with Gasteiger partial charge in [0.05, 0.1) is 6.10 Å². The highest BCUT2D eigenvalue weighted by Crippen LogP contribution is 2.17. The van der Waals surface area contributed by atoms with Crippen LogP contribution in [0.3, 0.4) is 0 Å². The van der Waals surface area contributed by atoms with Crippen molar-refractivity contribution < 1.29 is 14.7 Å². The number of amides is 2. The van der Waals surface area contributed by atoms with Crippen molar-refractivity contribution in [2.75, 3.05) is 6.54 Å². The molecule has 1 fully saturated rings. The van der Waals surface area contributed by atoms with Gasteiger partial charge < -0.3 is 15.7 Å². The molecule has 0 radical (unpaired) electrons. The van der Waals surface area contributed by atoms with Gasteiger partial charge in [-0.3, -0.25) is 9.59 Å². The maximum atomic E-state index is 12.0. The van der Waals surface area contributed by atoms with E-state index < -0.39 is 6.10 Å². The molecule has 1 atom stereocenters. The first-order chi connectivity index (χ1) is 12.1. The summed E-state index contributed by atoms with van der Waals surface area (Å²) in [4.78, 5) is 23.9. The number of nitrogens with one attached hydrogen (secondary N) is 2. The van der Waals surface area contributed by atoms with Crippen molar-refractivity contribution in [1.29, 1.82) is 0 Å². The number of carbonyl (C=O) groups excluding carboxylic acids is 2. The topological polar surface area (TPSA) is 78.4 Å². The summed E-state index contributed by atoms with van der Waals surface area (Å²) in [5.74, 6) is -0.257. The van der Waals surface area contributed by atoms with Crippen LogP contribution in [0.5, 0.6) is 0 Å². The minimum atomic E-state index is -0.728. The van der Waals surface area contributed by atoms with E-state index in [0.29, 0.717) is 0 Å². The van der Waals surface area contributed by atoms with Crippen LogP contribution in [0.15, 0.2) is 30.3 Å². The molecule has 1 aromatic rings. The fourth-order valence-electron chi connectivity index (χ4n) is 3.22. The molecule has 0 bridgehead atoms. The summed E-state index contributed by atoms with van der Waals surface area (Å²) in [5, 5.41) is 15.8. The van der Waals surface area contributed by atoms with E-state index in [4.69, 9.17) is 0 Å². The molecule has 0 saturated heterocycles. The molecule has 1 aliphatic rings. The second kappa shape index (κ2) is 10.9. The number of hydrogen-bond acceptors (Lipinski definition) is 3. The minimum Gasteiger partial charge on any atom is -0.387 e. The average molecular weight is 346 g/mol. The SMILES string of the molecule is O=C(CCC(=O)NC1CCCCCCC1)NC[C@H](O)c1ccccc1. The van der Waals surface area contributed by atoms with Gasteiger partial charge in [-0.25, -0.2) is 0 Å². The van der Waals surface area contributed by atoms with Crippen molar-refractivity contribution in [2.24, 2.45) is 0 Å². The molecular weight excluding hydrogens is 316 g/mol. The third kappa shape index (κ3) is 7.69. The molecule has 0 spiro atoms. The second-order valence-corrected chi connectivity index (χ2v) is 6.84. The summed E-state index contributed by atoms with van der Waals surface area (Å²) in [7, 11) is 0. The van der Waals surface area contributed by atoms with Gasteiger partial charge in [-0.2, -0.15) is 0 Å². The van der Waals surface area contributed by atoms with Crippen LogP contribution >= 0.6 is 0 Å². The average Bonchev–Trinajstić information content (AvgIpc) is 2.61. The molecule has 0 aliphatic heterocycles. The molecule has 1 saturated carbocycles. The summed E-state index contributed by atoms with van der Waals surface area (Å²) in [5.41, 5.74) is 0.768. The lowest BCUT2D eigenvalue weighted by molar-refractivity contribution is -0.127. The van der Waals surface area contributed by atoms with E-state index in [2.05, 4.69) is 10.6 Å². The number of carbonyl (C=O) groups is 2. The normalized spacial score (nSPS) is 17.2. The maximum Gasteiger partial charge on any atom is 0.220 e. The van der Waals surface area contributed by atoms with E-state index in [-0.39, 0.29) is 37.2 Å². The summed E-state index contributed by atoms with van der Waals surface area (Å²) >= 11 is 0. The molecule has 2 rings (SSSR count). The Morgan fingerprint density at radius 2 is 1.56 bits per heavy atom. The van der Waals surface area contributed by atoms with Crippen LogP contribution in [0.2, 0.25) is 0 Å². The Balaban J connectivity index is 1.62. The second-order valence-electron chi connectivity index (χ2n) is 6.84. The Morgan fingerprint density at radius 1 is 0.960 bits per heavy atom. The molecule has 1 aliphatic carbocycles. The van der Waals surface area contributed by atoms with E-state index in [9.17, 15) is 14.7 Å². The quantitative estimate of drug-likeness (QED) is 0.710. The fraction of sp³-hybridized carbons (Fsp3) is 0.600. The predicted octanol–water partition coefficient (Wildman–Crippen LogP) is 2.85. The zero-order chi connectivity index (χ0) is 17.9. The number of rotatable bonds is 7. The van der Waals surface area contributed by atoms with E-state index >= 15 is 0 Å². The lowest BCUT2D eigenvalue weighted by Gasteiger charge is -2.21. The smallest absolute Gasteiger partial charge is 0.220 e. The van der Waals surface area contributed by atoms with Crippen molar-refractivity contribution >= 4 is 11.8 Å². The highest BCUT2D eigenvalue weighted by molar-refractivity contribution is 5.83. The summed E-state index contributed by atoms with van der Waals surface area (Å²) in [6.07, 6.45) is 7.85. The zero-order valence-corrected chi connectivity index (χ0v) is 14.9. The van der Waals surface area contributed by atoms with Gasteiger partial charge >= 0.3 is 0 Å². The van der Waals surface area contributed by atoms with Gasteiger partial charge in [-0.1, -0.05) is 62.4 Å². The predicted molar refractivity (Wildman–Crippen MR) is 97.9 cm³/mol. The van der Waals surface area contributed by atoms with Gasteiger partial charge in [0.15, 0.2) is 0 Å². The first-order valence-corrected chi connectivity index (χ1v) is 9.44. The van der Waals surface area contributed by atoms with Gasteiger partial charge in [0.25, 0.3) is 0 Å². The molecule has 0 aromatic heterocycles. The van der Waals surface area contributed by atoms with Crippen molar-refractivity contribution in [3.05, 3.63) is 35.9 Å². The van der Waals surface area contributed by atoms with Crippen LogP contribution in [0, 0.1) is 0 Å². The Kier molecular flexibility index (Phi) is 8.46. The fourth-order valence-corrected chi connectivity index (χ4v) is 3.22. The van der Waals surface area contributed by atoms with Gasteiger partial charge in [0, 0.05) is 25.4 Å². The highest BCUT2D eigenvalue weighted by Gasteiger charge is 2.15. The molecule has 25 heavy (non-hydrogen) atoms. The van der Waals surface area contributed by atoms with Gasteiger partial charge in [0.1, 0.15) is 0 Å². The number of aliphatic hydroxyl groups is 1. The van der Waals surface area contributed by atoms with Crippen molar-refractivity contribution in [3.8, 4) is 0 Å². The molecule has 2 amide bonds. The Bertz CT molecular complexity index is 525. The first-order valence-electron chi connectivity index (χ1n) is 9.44. The molecule has 5 nitrogen and oxygen atoms in total. The van der Waals surface area contributed by atoms with E-state index in [0.717, 1.165) is 18.4 Å². The highest BCUT2D eigenvalue weighted by atomic mass is 16.3. The molecule has 1 aromatic carbocycles. The molecule has 0 heterocycles. The van der Waals surface area contributed by atoms with E-state index in [1.807, 2.05) is 30.3 Å². The van der Waals surface area contributed by atoms with Gasteiger partial charge in [-0.15, -0.1) is 0 Å². The van der Waals surface area contributed by atoms with Crippen molar-refractivity contribution in [1.82, 2.24) is 10.6 Å². The third-order valence-electron chi connectivity index (χ3n) is 4.73. The van der Waals surface area contributed by atoms with Crippen molar-refractivity contribution in [2.45, 2.75) is 69.9 Å². The number of hydrogen-bond donors (Lipinski definition) is 3. The molecule has 138 valence electrons. The summed E-state index contributed by atoms with van der Waals surface area (Å²) in [6, 6.07) is 9.47. The molecular formula is C20H30N2O3. The lowest BCUT2D eigenvalue weighted by Crippen LogP contribution is -2.36. The van der Waals surface area contributed by atoms with E-state index in [1.165, 1.54) is 32.1 Å². The Hall–Kier alpha value is -1.88. The number of aliphatic hydroxyl groups excluding tert-OH is 1. The largest absolute Gasteiger partial charge is 0.387 e. The van der Waals surface area contributed by atoms with Gasteiger partial charge in [0.2, 0.25) is 11.8 Å². The monoisotopic (exact) mass is 346 g/mol. The molecule has 5 heteroatoms.